The zero-order valence-electron chi connectivity index (χ0n) is 12.3. The van der Waals surface area contributed by atoms with Crippen molar-refractivity contribution in [1.82, 2.24) is 5.32 Å². The largest absolute Gasteiger partial charge is 0.497 e. The highest BCUT2D eigenvalue weighted by Crippen LogP contribution is 2.29. The lowest BCUT2D eigenvalue weighted by molar-refractivity contribution is 0.219. The van der Waals surface area contributed by atoms with Crippen molar-refractivity contribution >= 4 is 11.6 Å². The van der Waals surface area contributed by atoms with Gasteiger partial charge < -0.3 is 15.2 Å². The maximum Gasteiger partial charge on any atom is 0.119 e. The summed E-state index contributed by atoms with van der Waals surface area (Å²) < 4.78 is 5.27. The van der Waals surface area contributed by atoms with E-state index < -0.39 is 6.10 Å². The highest BCUT2D eigenvalue weighted by Gasteiger charge is 2.15. The van der Waals surface area contributed by atoms with Crippen molar-refractivity contribution in [3.05, 3.63) is 64.2 Å². The number of hydrogen-bond donors (Lipinski definition) is 2. The van der Waals surface area contributed by atoms with E-state index in [4.69, 9.17) is 16.3 Å². The molecule has 0 bridgehead atoms. The fourth-order valence-corrected chi connectivity index (χ4v) is 2.40. The van der Waals surface area contributed by atoms with E-state index in [0.29, 0.717) is 5.02 Å². The molecule has 0 aliphatic rings. The molecule has 3 nitrogen and oxygen atoms in total. The van der Waals surface area contributed by atoms with Crippen LogP contribution in [0.15, 0.2) is 42.5 Å². The maximum atomic E-state index is 10.6. The minimum Gasteiger partial charge on any atom is -0.497 e. The first kappa shape index (κ1) is 15.8. The van der Waals surface area contributed by atoms with Crippen LogP contribution in [-0.4, -0.2) is 25.8 Å². The van der Waals surface area contributed by atoms with E-state index in [1.807, 2.05) is 37.4 Å². The predicted octanol–water partition coefficient (Wildman–Crippen LogP) is 3.19. The number of aliphatic hydroxyl groups is 1. The Hall–Kier alpha value is -1.55. The quantitative estimate of drug-likeness (QED) is 0.861. The molecular weight excluding hydrogens is 286 g/mol. The van der Waals surface area contributed by atoms with Gasteiger partial charge in [-0.25, -0.2) is 0 Å². The average Bonchev–Trinajstić information content (AvgIpc) is 2.52. The number of benzene rings is 2. The Labute approximate surface area is 130 Å². The van der Waals surface area contributed by atoms with Crippen molar-refractivity contribution in [2.24, 2.45) is 0 Å². The van der Waals surface area contributed by atoms with Crippen LogP contribution in [0.25, 0.3) is 0 Å². The van der Waals surface area contributed by atoms with Crippen molar-refractivity contribution < 1.29 is 9.84 Å². The highest BCUT2D eigenvalue weighted by molar-refractivity contribution is 6.30. The second-order valence-electron chi connectivity index (χ2n) is 4.87. The maximum absolute atomic E-state index is 10.6. The second-order valence-corrected chi connectivity index (χ2v) is 5.31. The van der Waals surface area contributed by atoms with Crippen molar-refractivity contribution in [3.8, 4) is 5.75 Å². The minimum atomic E-state index is -0.667. The molecule has 0 unspecified atom stereocenters. The first-order valence-corrected chi connectivity index (χ1v) is 7.28. The van der Waals surface area contributed by atoms with Gasteiger partial charge in [-0.15, -0.1) is 0 Å². The van der Waals surface area contributed by atoms with Gasteiger partial charge in [0.1, 0.15) is 11.9 Å². The lowest BCUT2D eigenvalue weighted by Gasteiger charge is -2.17. The van der Waals surface area contributed by atoms with Crippen molar-refractivity contribution in [2.75, 3.05) is 20.7 Å². The summed E-state index contributed by atoms with van der Waals surface area (Å²) in [5.41, 5.74) is 2.80. The second kappa shape index (κ2) is 7.46. The van der Waals surface area contributed by atoms with Crippen LogP contribution in [0.1, 0.15) is 22.8 Å². The number of ether oxygens (including phenoxy) is 1. The van der Waals surface area contributed by atoms with Crippen molar-refractivity contribution in [2.45, 2.75) is 12.5 Å². The summed E-state index contributed by atoms with van der Waals surface area (Å²) in [5, 5.41) is 14.4. The molecule has 112 valence electrons. The SMILES string of the molecule is CNCCc1cc(OC)ccc1[C@H](O)c1ccc(Cl)cc1. The molecule has 0 spiro atoms. The van der Waals surface area contributed by atoms with Gasteiger partial charge in [-0.1, -0.05) is 29.8 Å². The van der Waals surface area contributed by atoms with Gasteiger partial charge in [0.05, 0.1) is 7.11 Å². The standard InChI is InChI=1S/C17H20ClNO2/c1-19-10-9-13-11-15(21-2)7-8-16(13)17(20)12-3-5-14(18)6-4-12/h3-8,11,17,19-20H,9-10H2,1-2H3/t17-/m1/s1. The molecule has 0 aliphatic heterocycles. The number of likely N-dealkylation sites (N-methyl/N-ethyl adjacent to an activating group) is 1. The molecule has 2 rings (SSSR count). The van der Waals surface area contributed by atoms with E-state index in [2.05, 4.69) is 5.32 Å². The molecule has 0 heterocycles. The van der Waals surface area contributed by atoms with Crippen LogP contribution in [0.5, 0.6) is 5.75 Å². The molecule has 0 amide bonds. The normalized spacial score (nSPS) is 12.2. The van der Waals surface area contributed by atoms with E-state index in [-0.39, 0.29) is 0 Å². The lowest BCUT2D eigenvalue weighted by atomic mass is 9.95. The van der Waals surface area contributed by atoms with Gasteiger partial charge in [-0.2, -0.15) is 0 Å². The third kappa shape index (κ3) is 3.97. The molecule has 1 atom stereocenters. The van der Waals surface area contributed by atoms with Crippen molar-refractivity contribution in [3.63, 3.8) is 0 Å². The van der Waals surface area contributed by atoms with E-state index in [0.717, 1.165) is 35.4 Å². The third-order valence-electron chi connectivity index (χ3n) is 3.47. The summed E-state index contributed by atoms with van der Waals surface area (Å²) >= 11 is 5.90. The number of aliphatic hydroxyl groups excluding tert-OH is 1. The highest BCUT2D eigenvalue weighted by atomic mass is 35.5. The number of halogens is 1. The smallest absolute Gasteiger partial charge is 0.119 e. The summed E-state index contributed by atoms with van der Waals surface area (Å²) in [6.45, 7) is 0.841. The molecule has 0 aromatic heterocycles. The zero-order valence-corrected chi connectivity index (χ0v) is 13.0. The molecule has 0 saturated heterocycles. The van der Waals surface area contributed by atoms with Crippen LogP contribution < -0.4 is 10.1 Å². The molecule has 2 N–H and O–H groups in total. The van der Waals surface area contributed by atoms with Crippen LogP contribution in [0.4, 0.5) is 0 Å². The topological polar surface area (TPSA) is 41.5 Å². The predicted molar refractivity (Wildman–Crippen MR) is 86.1 cm³/mol. The van der Waals surface area contributed by atoms with E-state index in [9.17, 15) is 5.11 Å². The first-order valence-electron chi connectivity index (χ1n) is 6.90. The fourth-order valence-electron chi connectivity index (χ4n) is 2.28. The lowest BCUT2D eigenvalue weighted by Crippen LogP contribution is -2.13. The Balaban J connectivity index is 2.34. The average molecular weight is 306 g/mol. The monoisotopic (exact) mass is 305 g/mol. The van der Waals surface area contributed by atoms with Crippen molar-refractivity contribution in [1.29, 1.82) is 0 Å². The molecule has 0 saturated carbocycles. The minimum absolute atomic E-state index is 0.663. The summed E-state index contributed by atoms with van der Waals surface area (Å²) in [6.07, 6.45) is 0.160. The van der Waals surface area contributed by atoms with Crippen LogP contribution >= 0.6 is 11.6 Å². The van der Waals surface area contributed by atoms with Crippen LogP contribution in [0, 0.1) is 0 Å². The van der Waals surface area contributed by atoms with Gasteiger partial charge in [0, 0.05) is 5.02 Å². The van der Waals surface area contributed by atoms with E-state index in [1.54, 1.807) is 19.2 Å². The van der Waals surface area contributed by atoms with Crippen LogP contribution in [-0.2, 0) is 6.42 Å². The number of methoxy groups -OCH3 is 1. The number of rotatable bonds is 6. The Bertz CT molecular complexity index is 584. The van der Waals surface area contributed by atoms with Crippen LogP contribution in [0.2, 0.25) is 5.02 Å². The summed E-state index contributed by atoms with van der Waals surface area (Å²) in [4.78, 5) is 0. The van der Waals surface area contributed by atoms with E-state index >= 15 is 0 Å². The fraction of sp³-hybridized carbons (Fsp3) is 0.294. The Morgan fingerprint density at radius 2 is 1.90 bits per heavy atom. The van der Waals surface area contributed by atoms with Gasteiger partial charge >= 0.3 is 0 Å². The molecule has 21 heavy (non-hydrogen) atoms. The van der Waals surface area contributed by atoms with Gasteiger partial charge in [0.15, 0.2) is 0 Å². The van der Waals surface area contributed by atoms with Gasteiger partial charge in [0.2, 0.25) is 0 Å². The molecule has 0 aliphatic carbocycles. The Morgan fingerprint density at radius 1 is 1.19 bits per heavy atom. The molecule has 0 fully saturated rings. The summed E-state index contributed by atoms with van der Waals surface area (Å²) in [5.74, 6) is 0.799. The number of nitrogens with one attached hydrogen (secondary N) is 1. The Kier molecular flexibility index (Phi) is 5.62. The summed E-state index contributed by atoms with van der Waals surface area (Å²) in [7, 11) is 3.56. The first-order chi connectivity index (χ1) is 10.2. The van der Waals surface area contributed by atoms with Crippen LogP contribution in [0.3, 0.4) is 0 Å². The van der Waals surface area contributed by atoms with Gasteiger partial charge in [-0.3, -0.25) is 0 Å². The Morgan fingerprint density at radius 3 is 2.52 bits per heavy atom. The molecule has 2 aromatic carbocycles. The third-order valence-corrected chi connectivity index (χ3v) is 3.73. The zero-order chi connectivity index (χ0) is 15.2. The molecule has 2 aromatic rings. The number of hydrogen-bond acceptors (Lipinski definition) is 3. The molecule has 0 radical (unpaired) electrons. The van der Waals surface area contributed by atoms with Gasteiger partial charge in [-0.05, 0) is 61.0 Å². The van der Waals surface area contributed by atoms with Gasteiger partial charge in [0.25, 0.3) is 0 Å². The molecular formula is C17H20ClNO2. The van der Waals surface area contributed by atoms with E-state index in [1.165, 1.54) is 0 Å². The molecule has 4 heteroatoms. The summed E-state index contributed by atoms with van der Waals surface area (Å²) in [6, 6.07) is 13.0.